The molecule has 0 atom stereocenters. The van der Waals surface area contributed by atoms with E-state index in [1.54, 1.807) is 0 Å². The van der Waals surface area contributed by atoms with Crippen LogP contribution in [0.2, 0.25) is 0 Å². The van der Waals surface area contributed by atoms with Gasteiger partial charge in [0.2, 0.25) is 0 Å². The maximum atomic E-state index is 4.59. The van der Waals surface area contributed by atoms with E-state index in [4.69, 9.17) is 0 Å². The highest BCUT2D eigenvalue weighted by Crippen LogP contribution is 2.13. The molecule has 3 aromatic rings. The number of aromatic nitrogens is 2. The van der Waals surface area contributed by atoms with E-state index in [1.807, 2.05) is 24.0 Å². The molecule has 0 radical (unpaired) electrons. The maximum Gasteiger partial charge on any atom is 0.175 e. The van der Waals surface area contributed by atoms with Crippen LogP contribution in [-0.4, -0.2) is 27.9 Å². The van der Waals surface area contributed by atoms with Crippen molar-refractivity contribution in [1.29, 1.82) is 0 Å². The summed E-state index contributed by atoms with van der Waals surface area (Å²) in [5.74, 6) is 0. The molecule has 106 valence electrons. The molecule has 0 aliphatic heterocycles. The molecular formula is C17H18BN2S-. The van der Waals surface area contributed by atoms with Crippen molar-refractivity contribution in [3.8, 4) is 0 Å². The van der Waals surface area contributed by atoms with Crippen LogP contribution >= 0.6 is 11.8 Å². The predicted molar refractivity (Wildman–Crippen MR) is 93.9 cm³/mol. The Kier molecular flexibility index (Phi) is 4.16. The van der Waals surface area contributed by atoms with Crippen LogP contribution in [0.15, 0.2) is 79.1 Å². The fourth-order valence-corrected chi connectivity index (χ4v) is 4.11. The van der Waals surface area contributed by atoms with E-state index in [-0.39, 0.29) is 0 Å². The highest BCUT2D eigenvalue weighted by molar-refractivity contribution is 8.00. The van der Waals surface area contributed by atoms with Gasteiger partial charge in [0.15, 0.2) is 6.28 Å². The molecule has 21 heavy (non-hydrogen) atoms. The fraction of sp³-hybridized carbons (Fsp3) is 0.118. The Bertz CT molecular complexity index is 629. The standard InChI is InChI=1S/C17H18BN2S/c1-21-15-18(20-14-8-13-19-20,16-9-4-2-5-10-16)17-11-6-3-7-12-17/h2-14H,15H2,1H3/q-1. The fourth-order valence-electron chi connectivity index (χ4n) is 3.09. The van der Waals surface area contributed by atoms with Gasteiger partial charge in [0.25, 0.3) is 0 Å². The number of hydrogen-bond donors (Lipinski definition) is 0. The van der Waals surface area contributed by atoms with Crippen LogP contribution in [-0.2, 0) is 0 Å². The normalized spacial score (nSPS) is 11.5. The van der Waals surface area contributed by atoms with Crippen molar-refractivity contribution >= 4 is 29.0 Å². The van der Waals surface area contributed by atoms with Crippen molar-refractivity contribution in [2.75, 3.05) is 11.9 Å². The molecule has 0 fully saturated rings. The van der Waals surface area contributed by atoms with Crippen LogP contribution in [0, 0.1) is 0 Å². The molecule has 0 saturated heterocycles. The monoisotopic (exact) mass is 293 g/mol. The van der Waals surface area contributed by atoms with Gasteiger partial charge in [-0.3, -0.25) is 0 Å². The Morgan fingerprint density at radius 1 is 0.905 bits per heavy atom. The summed E-state index contributed by atoms with van der Waals surface area (Å²) in [5.41, 5.74) is 3.64. The zero-order chi connectivity index (χ0) is 14.5. The van der Waals surface area contributed by atoms with Crippen molar-refractivity contribution in [3.05, 3.63) is 79.1 Å². The van der Waals surface area contributed by atoms with Gasteiger partial charge in [-0.2, -0.15) is 10.9 Å². The topological polar surface area (TPSA) is 17.8 Å². The van der Waals surface area contributed by atoms with Crippen LogP contribution in [0.3, 0.4) is 0 Å². The summed E-state index contributed by atoms with van der Waals surface area (Å²) in [5, 5.41) is 4.59. The molecule has 0 N–H and O–H groups in total. The zero-order valence-electron chi connectivity index (χ0n) is 12.1. The second-order valence-electron chi connectivity index (χ2n) is 5.26. The number of benzene rings is 2. The summed E-state index contributed by atoms with van der Waals surface area (Å²) in [4.78, 5) is 0. The van der Waals surface area contributed by atoms with Crippen molar-refractivity contribution < 1.29 is 0 Å². The molecule has 0 saturated carbocycles. The number of nitrogens with zero attached hydrogens (tertiary/aromatic N) is 2. The first kappa shape index (κ1) is 14.0. The van der Waals surface area contributed by atoms with Gasteiger partial charge in [-0.25, -0.2) is 16.9 Å². The van der Waals surface area contributed by atoms with E-state index >= 15 is 0 Å². The lowest BCUT2D eigenvalue weighted by molar-refractivity contribution is 0.947. The van der Waals surface area contributed by atoms with Crippen LogP contribution in [0.5, 0.6) is 0 Å². The first-order valence-electron chi connectivity index (χ1n) is 7.15. The smallest absolute Gasteiger partial charge is 0.175 e. The van der Waals surface area contributed by atoms with Crippen molar-refractivity contribution in [2.24, 2.45) is 0 Å². The predicted octanol–water partition coefficient (Wildman–Crippen LogP) is 2.39. The summed E-state index contributed by atoms with van der Waals surface area (Å²) in [6, 6.07) is 23.4. The third-order valence-electron chi connectivity index (χ3n) is 4.09. The van der Waals surface area contributed by atoms with E-state index in [0.717, 1.165) is 5.65 Å². The van der Waals surface area contributed by atoms with Crippen LogP contribution < -0.4 is 10.9 Å². The highest BCUT2D eigenvalue weighted by Gasteiger charge is 2.30. The van der Waals surface area contributed by atoms with Crippen LogP contribution in [0.1, 0.15) is 0 Å². The largest absolute Gasteiger partial charge is 0.435 e. The van der Waals surface area contributed by atoms with E-state index in [1.165, 1.54) is 10.9 Å². The Balaban J connectivity index is 2.27. The second-order valence-corrected chi connectivity index (χ2v) is 6.17. The van der Waals surface area contributed by atoms with E-state index in [2.05, 4.69) is 82.8 Å². The van der Waals surface area contributed by atoms with E-state index in [9.17, 15) is 0 Å². The average molecular weight is 293 g/mol. The van der Waals surface area contributed by atoms with Gasteiger partial charge in [-0.1, -0.05) is 60.7 Å². The van der Waals surface area contributed by atoms with Crippen molar-refractivity contribution in [2.45, 2.75) is 0 Å². The molecule has 0 aliphatic rings. The molecule has 2 nitrogen and oxygen atoms in total. The highest BCUT2D eigenvalue weighted by atomic mass is 32.2. The Morgan fingerprint density at radius 2 is 1.48 bits per heavy atom. The average Bonchev–Trinajstić information content (AvgIpc) is 3.09. The second kappa shape index (κ2) is 6.23. The van der Waals surface area contributed by atoms with Gasteiger partial charge < -0.3 is 4.59 Å². The van der Waals surface area contributed by atoms with Gasteiger partial charge in [0.05, 0.1) is 0 Å². The molecule has 1 heterocycles. The first-order valence-corrected chi connectivity index (χ1v) is 8.54. The van der Waals surface area contributed by atoms with Crippen LogP contribution in [0.4, 0.5) is 0 Å². The van der Waals surface area contributed by atoms with Gasteiger partial charge in [-0.15, -0.1) is 5.65 Å². The van der Waals surface area contributed by atoms with E-state index < -0.39 is 6.28 Å². The first-order chi connectivity index (χ1) is 10.4. The Morgan fingerprint density at radius 3 is 1.90 bits per heavy atom. The summed E-state index contributed by atoms with van der Waals surface area (Å²) < 4.78 is 2.14. The third-order valence-corrected chi connectivity index (χ3v) is 4.90. The summed E-state index contributed by atoms with van der Waals surface area (Å²) in [7, 11) is 0. The number of rotatable bonds is 5. The summed E-state index contributed by atoms with van der Waals surface area (Å²) in [6.07, 6.45) is 5.01. The van der Waals surface area contributed by atoms with Gasteiger partial charge in [0.1, 0.15) is 0 Å². The number of thioether (sulfide) groups is 1. The Labute approximate surface area is 130 Å². The Hall–Kier alpha value is -1.94. The molecule has 2 aromatic carbocycles. The zero-order valence-corrected chi connectivity index (χ0v) is 12.9. The minimum Gasteiger partial charge on any atom is -0.435 e. The molecule has 0 aliphatic carbocycles. The SMILES string of the molecule is CSC[B-](c1ccccc1)(c1ccccc1)n1cccn1. The van der Waals surface area contributed by atoms with Gasteiger partial charge in [0, 0.05) is 6.20 Å². The molecule has 4 heteroatoms. The minimum atomic E-state index is -1.10. The summed E-state index contributed by atoms with van der Waals surface area (Å²) >= 11 is 1.86. The molecule has 1 aromatic heterocycles. The van der Waals surface area contributed by atoms with Crippen molar-refractivity contribution in [3.63, 3.8) is 0 Å². The lowest BCUT2D eigenvalue weighted by atomic mass is 9.29. The van der Waals surface area contributed by atoms with Crippen LogP contribution in [0.25, 0.3) is 0 Å². The van der Waals surface area contributed by atoms with Gasteiger partial charge in [-0.05, 0) is 18.5 Å². The lowest BCUT2D eigenvalue weighted by Gasteiger charge is -2.42. The lowest BCUT2D eigenvalue weighted by Crippen LogP contribution is -2.66. The maximum absolute atomic E-state index is 4.59. The summed E-state index contributed by atoms with van der Waals surface area (Å²) in [6.45, 7) is 0. The third kappa shape index (κ3) is 2.51. The molecular weight excluding hydrogens is 275 g/mol. The van der Waals surface area contributed by atoms with Gasteiger partial charge >= 0.3 is 0 Å². The van der Waals surface area contributed by atoms with E-state index in [0.29, 0.717) is 0 Å². The molecule has 0 amide bonds. The molecule has 3 rings (SSSR count). The number of hydrogen-bond acceptors (Lipinski definition) is 2. The molecule has 0 unspecified atom stereocenters. The molecule has 0 bridgehead atoms. The quantitative estimate of drug-likeness (QED) is 0.672. The minimum absolute atomic E-state index is 0.996. The molecule has 0 spiro atoms. The van der Waals surface area contributed by atoms with Crippen molar-refractivity contribution in [1.82, 2.24) is 9.69 Å².